The molecule has 0 N–H and O–H groups in total. The number of anilines is 1. The van der Waals surface area contributed by atoms with Crippen molar-refractivity contribution in [2.45, 2.75) is 50.4 Å². The van der Waals surface area contributed by atoms with Gasteiger partial charge in [-0.15, -0.1) is 0 Å². The minimum absolute atomic E-state index is 0.0287. The number of fused-ring (bicyclic) bond motifs is 2. The fraction of sp³-hybridized carbons (Fsp3) is 0.375. The molecule has 0 unspecified atom stereocenters. The molecule has 2 saturated carbocycles. The molecule has 9 heteroatoms. The SMILES string of the molecule is O=C1[C@@H]2C[C@@H](C[C@H]2OCc2c(-c3c(Cl)cccc3Cl)noc2C2CC2)N1c1cncc(F)c1. The summed E-state index contributed by atoms with van der Waals surface area (Å²) >= 11 is 12.9. The zero-order valence-corrected chi connectivity index (χ0v) is 19.0. The summed E-state index contributed by atoms with van der Waals surface area (Å²) < 4.78 is 25.6. The Kier molecular flexibility index (Phi) is 5.16. The Bertz CT molecular complexity index is 1230. The summed E-state index contributed by atoms with van der Waals surface area (Å²) in [6.07, 6.45) is 5.88. The van der Waals surface area contributed by atoms with Crippen LogP contribution in [0.15, 0.2) is 41.2 Å². The number of carbonyl (C=O) groups excluding carboxylic acids is 1. The molecular weight excluding hydrogens is 468 g/mol. The highest BCUT2D eigenvalue weighted by atomic mass is 35.5. The maximum Gasteiger partial charge on any atom is 0.233 e. The minimum Gasteiger partial charge on any atom is -0.372 e. The monoisotopic (exact) mass is 487 g/mol. The average Bonchev–Trinajstić information content (AvgIpc) is 3.29. The lowest BCUT2D eigenvalue weighted by Gasteiger charge is -2.31. The van der Waals surface area contributed by atoms with Gasteiger partial charge in [0.05, 0.1) is 46.8 Å². The second kappa shape index (κ2) is 8.08. The van der Waals surface area contributed by atoms with E-state index in [1.54, 1.807) is 23.1 Å². The van der Waals surface area contributed by atoms with Gasteiger partial charge in [-0.05, 0) is 37.8 Å². The molecule has 0 spiro atoms. The molecule has 2 bridgehead atoms. The predicted octanol–water partition coefficient (Wildman–Crippen LogP) is 5.77. The van der Waals surface area contributed by atoms with Crippen LogP contribution < -0.4 is 4.90 Å². The number of halogens is 3. The first kappa shape index (κ1) is 21.1. The molecule has 170 valence electrons. The number of pyridine rings is 1. The molecule has 3 aromatic rings. The van der Waals surface area contributed by atoms with Crippen molar-refractivity contribution < 1.29 is 18.4 Å². The van der Waals surface area contributed by atoms with Crippen molar-refractivity contribution in [1.29, 1.82) is 0 Å². The summed E-state index contributed by atoms with van der Waals surface area (Å²) in [5.41, 5.74) is 2.56. The molecule has 1 aliphatic heterocycles. The van der Waals surface area contributed by atoms with Gasteiger partial charge in [-0.3, -0.25) is 9.78 Å². The van der Waals surface area contributed by atoms with Crippen LogP contribution in [0.4, 0.5) is 10.1 Å². The molecule has 3 fully saturated rings. The van der Waals surface area contributed by atoms with E-state index in [9.17, 15) is 9.18 Å². The lowest BCUT2D eigenvalue weighted by atomic mass is 10.0. The second-order valence-corrected chi connectivity index (χ2v) is 9.71. The fourth-order valence-corrected chi connectivity index (χ4v) is 5.67. The molecular formula is C24H20Cl2FN3O3. The molecule has 33 heavy (non-hydrogen) atoms. The van der Waals surface area contributed by atoms with Crippen LogP contribution in [0.25, 0.3) is 11.3 Å². The summed E-state index contributed by atoms with van der Waals surface area (Å²) in [7, 11) is 0. The third-order valence-corrected chi connectivity index (χ3v) is 7.41. The summed E-state index contributed by atoms with van der Waals surface area (Å²) in [5, 5.41) is 5.28. The van der Waals surface area contributed by atoms with Crippen LogP contribution >= 0.6 is 23.2 Å². The standard InChI is InChI=1S/C24H20Cl2FN3O3/c25-18-2-1-3-19(26)21(18)22-17(23(33-29-22)12-4-5-12)11-32-20-8-14-7-16(20)24(31)30(14)15-6-13(27)9-28-10-15/h1-3,6,9-10,12,14,16,20H,4-5,7-8,11H2/t14-,16+,20+/m0/s1. The lowest BCUT2D eigenvalue weighted by Crippen LogP contribution is -2.43. The number of aromatic nitrogens is 2. The Morgan fingerprint density at radius 1 is 1.18 bits per heavy atom. The van der Waals surface area contributed by atoms with Crippen molar-refractivity contribution in [2.75, 3.05) is 4.90 Å². The first-order chi connectivity index (χ1) is 16.0. The maximum atomic E-state index is 13.6. The molecule has 0 radical (unpaired) electrons. The first-order valence-corrected chi connectivity index (χ1v) is 11.7. The van der Waals surface area contributed by atoms with E-state index < -0.39 is 5.82 Å². The van der Waals surface area contributed by atoms with Crippen LogP contribution in [0.3, 0.4) is 0 Å². The van der Waals surface area contributed by atoms with E-state index in [4.69, 9.17) is 32.5 Å². The van der Waals surface area contributed by atoms with Crippen LogP contribution in [-0.4, -0.2) is 28.2 Å². The third-order valence-electron chi connectivity index (χ3n) is 6.78. The molecule has 2 aromatic heterocycles. The number of benzene rings is 1. The smallest absolute Gasteiger partial charge is 0.233 e. The molecule has 3 atom stereocenters. The Hall–Kier alpha value is -2.48. The van der Waals surface area contributed by atoms with Gasteiger partial charge in [0.2, 0.25) is 5.91 Å². The quantitative estimate of drug-likeness (QED) is 0.441. The normalized spacial score (nSPS) is 24.2. The van der Waals surface area contributed by atoms with Gasteiger partial charge in [-0.25, -0.2) is 4.39 Å². The van der Waals surface area contributed by atoms with E-state index in [2.05, 4.69) is 10.1 Å². The van der Waals surface area contributed by atoms with Crippen molar-refractivity contribution >= 4 is 34.8 Å². The van der Waals surface area contributed by atoms with Gasteiger partial charge >= 0.3 is 0 Å². The summed E-state index contributed by atoms with van der Waals surface area (Å²) in [4.78, 5) is 18.6. The molecule has 1 saturated heterocycles. The molecule has 1 aromatic carbocycles. The second-order valence-electron chi connectivity index (χ2n) is 8.90. The zero-order valence-electron chi connectivity index (χ0n) is 17.5. The topological polar surface area (TPSA) is 68.5 Å². The molecule has 1 amide bonds. The number of hydrogen-bond donors (Lipinski definition) is 0. The molecule has 2 aliphatic carbocycles. The minimum atomic E-state index is -0.457. The van der Waals surface area contributed by atoms with Crippen molar-refractivity contribution in [1.82, 2.24) is 10.1 Å². The van der Waals surface area contributed by atoms with Crippen LogP contribution in [-0.2, 0) is 16.1 Å². The van der Waals surface area contributed by atoms with Gasteiger partial charge in [0.25, 0.3) is 0 Å². The van der Waals surface area contributed by atoms with Crippen LogP contribution in [0.1, 0.15) is 42.9 Å². The van der Waals surface area contributed by atoms with E-state index in [0.717, 1.165) is 30.4 Å². The molecule has 6 rings (SSSR count). The van der Waals surface area contributed by atoms with Gasteiger partial charge in [-0.2, -0.15) is 0 Å². The van der Waals surface area contributed by atoms with Crippen molar-refractivity contribution in [3.8, 4) is 11.3 Å². The molecule has 3 heterocycles. The fourth-order valence-electron chi connectivity index (χ4n) is 5.10. The van der Waals surface area contributed by atoms with Gasteiger partial charge in [0.15, 0.2) is 0 Å². The average molecular weight is 488 g/mol. The first-order valence-electron chi connectivity index (χ1n) is 11.0. The number of carbonyl (C=O) groups is 1. The highest BCUT2D eigenvalue weighted by Crippen LogP contribution is 2.47. The van der Waals surface area contributed by atoms with Gasteiger partial charge in [0.1, 0.15) is 17.3 Å². The van der Waals surface area contributed by atoms with Gasteiger partial charge in [-0.1, -0.05) is 34.4 Å². The Morgan fingerprint density at radius 3 is 2.67 bits per heavy atom. The molecule has 6 nitrogen and oxygen atoms in total. The largest absolute Gasteiger partial charge is 0.372 e. The lowest BCUT2D eigenvalue weighted by molar-refractivity contribution is -0.126. The van der Waals surface area contributed by atoms with Gasteiger partial charge < -0.3 is 14.2 Å². The van der Waals surface area contributed by atoms with E-state index in [1.807, 2.05) is 0 Å². The Labute approximate surface area is 199 Å². The highest BCUT2D eigenvalue weighted by Gasteiger charge is 2.52. The van der Waals surface area contributed by atoms with E-state index in [0.29, 0.717) is 45.7 Å². The number of rotatable bonds is 6. The highest BCUT2D eigenvalue weighted by molar-refractivity contribution is 6.39. The Balaban J connectivity index is 1.23. The maximum absolute atomic E-state index is 13.6. The number of ether oxygens (including phenoxy) is 1. The van der Waals surface area contributed by atoms with Crippen molar-refractivity contribution in [3.63, 3.8) is 0 Å². The van der Waals surface area contributed by atoms with E-state index in [-0.39, 0.29) is 30.6 Å². The summed E-state index contributed by atoms with van der Waals surface area (Å²) in [5.74, 6) is 0.356. The van der Waals surface area contributed by atoms with Crippen LogP contribution in [0.2, 0.25) is 10.0 Å². The van der Waals surface area contributed by atoms with Crippen LogP contribution in [0.5, 0.6) is 0 Å². The summed E-state index contributed by atoms with van der Waals surface area (Å²) in [6, 6.07) is 6.64. The Morgan fingerprint density at radius 2 is 1.97 bits per heavy atom. The zero-order chi connectivity index (χ0) is 22.7. The summed E-state index contributed by atoms with van der Waals surface area (Å²) in [6.45, 7) is 0.259. The van der Waals surface area contributed by atoms with Crippen molar-refractivity contribution in [2.24, 2.45) is 5.92 Å². The van der Waals surface area contributed by atoms with Crippen molar-refractivity contribution in [3.05, 3.63) is 63.8 Å². The number of nitrogens with zero attached hydrogens (tertiary/aromatic N) is 3. The predicted molar refractivity (Wildman–Crippen MR) is 121 cm³/mol. The number of amides is 1. The van der Waals surface area contributed by atoms with E-state index in [1.165, 1.54) is 12.3 Å². The number of hydrogen-bond acceptors (Lipinski definition) is 5. The third kappa shape index (κ3) is 3.63. The molecule has 3 aliphatic rings. The van der Waals surface area contributed by atoms with Gasteiger partial charge in [0, 0.05) is 29.2 Å². The van der Waals surface area contributed by atoms with E-state index >= 15 is 0 Å². The van der Waals surface area contributed by atoms with Crippen LogP contribution in [0, 0.1) is 11.7 Å². The number of piperidine rings is 1.